The minimum atomic E-state index is -0.623. The molecule has 1 aromatic rings. The molecule has 6 nitrogen and oxygen atoms in total. The summed E-state index contributed by atoms with van der Waals surface area (Å²) in [5, 5.41) is 10.6. The van der Waals surface area contributed by atoms with Gasteiger partial charge in [0.15, 0.2) is 11.6 Å². The number of fused-ring (bicyclic) bond motifs is 3. The third-order valence-corrected chi connectivity index (χ3v) is 7.71. The van der Waals surface area contributed by atoms with Crippen molar-refractivity contribution < 1.29 is 24.3 Å². The molecule has 0 aromatic heterocycles. The first kappa shape index (κ1) is 21.1. The van der Waals surface area contributed by atoms with Crippen LogP contribution in [0, 0.1) is 17.8 Å². The summed E-state index contributed by atoms with van der Waals surface area (Å²) in [6, 6.07) is 6.78. The van der Waals surface area contributed by atoms with E-state index in [9.17, 15) is 24.3 Å². The smallest absolute Gasteiger partial charge is 0.233 e. The van der Waals surface area contributed by atoms with E-state index in [1.54, 1.807) is 24.3 Å². The maximum atomic E-state index is 13.3. The second-order valence-corrected chi connectivity index (χ2v) is 9.63. The van der Waals surface area contributed by atoms with Gasteiger partial charge in [-0.05, 0) is 47.2 Å². The Balaban J connectivity index is 1.69. The highest BCUT2D eigenvalue weighted by Gasteiger charge is 2.56. The summed E-state index contributed by atoms with van der Waals surface area (Å²) >= 11 is 3.21. The van der Waals surface area contributed by atoms with Gasteiger partial charge >= 0.3 is 0 Å². The lowest BCUT2D eigenvalue weighted by atomic mass is 9.59. The van der Waals surface area contributed by atoms with Crippen molar-refractivity contribution in [2.24, 2.45) is 17.8 Å². The molecule has 3 aliphatic carbocycles. The van der Waals surface area contributed by atoms with E-state index in [0.717, 1.165) is 5.57 Å². The van der Waals surface area contributed by atoms with Crippen LogP contribution >= 0.6 is 15.9 Å². The number of aromatic hydroxyl groups is 1. The molecule has 0 spiro atoms. The number of amides is 2. The number of phenols is 1. The monoisotopic (exact) mass is 495 g/mol. The maximum absolute atomic E-state index is 13.3. The molecule has 4 atom stereocenters. The second-order valence-electron chi connectivity index (χ2n) is 8.78. The van der Waals surface area contributed by atoms with E-state index >= 15 is 0 Å². The number of carbonyl (C=O) groups excluding carboxylic acids is 4. The van der Waals surface area contributed by atoms with Crippen LogP contribution in [-0.4, -0.2) is 39.9 Å². The second kappa shape index (κ2) is 7.66. The number of para-hydroxylation sites is 1. The summed E-state index contributed by atoms with van der Waals surface area (Å²) in [7, 11) is 0. The van der Waals surface area contributed by atoms with Gasteiger partial charge in [-0.2, -0.15) is 0 Å². The van der Waals surface area contributed by atoms with E-state index in [4.69, 9.17) is 0 Å². The fraction of sp³-hybridized carbons (Fsp3) is 0.360. The van der Waals surface area contributed by atoms with Crippen LogP contribution in [0.4, 0.5) is 0 Å². The molecule has 32 heavy (non-hydrogen) atoms. The van der Waals surface area contributed by atoms with Gasteiger partial charge in [0.1, 0.15) is 5.75 Å². The van der Waals surface area contributed by atoms with Crippen LogP contribution in [0.25, 0.3) is 0 Å². The van der Waals surface area contributed by atoms with Gasteiger partial charge in [0, 0.05) is 35.2 Å². The molecule has 4 aliphatic rings. The number of imide groups is 1. The van der Waals surface area contributed by atoms with Crippen molar-refractivity contribution >= 4 is 39.3 Å². The largest absolute Gasteiger partial charge is 0.508 e. The zero-order valence-corrected chi connectivity index (χ0v) is 19.1. The quantitative estimate of drug-likeness (QED) is 0.393. The van der Waals surface area contributed by atoms with Gasteiger partial charge in [-0.1, -0.05) is 36.8 Å². The average Bonchev–Trinajstić information content (AvgIpc) is 3.02. The molecular weight excluding hydrogens is 474 g/mol. The van der Waals surface area contributed by atoms with Crippen molar-refractivity contribution in [1.29, 1.82) is 0 Å². The Morgan fingerprint density at radius 2 is 1.84 bits per heavy atom. The first-order chi connectivity index (χ1) is 15.3. The molecule has 0 bridgehead atoms. The molecule has 0 radical (unpaired) electrons. The molecule has 1 aliphatic heterocycles. The fourth-order valence-electron chi connectivity index (χ4n) is 5.80. The minimum Gasteiger partial charge on any atom is -0.508 e. The predicted molar refractivity (Wildman–Crippen MR) is 120 cm³/mol. The van der Waals surface area contributed by atoms with Crippen molar-refractivity contribution in [2.75, 3.05) is 6.54 Å². The first-order valence-corrected chi connectivity index (χ1v) is 11.7. The Hall–Kier alpha value is -2.80. The molecule has 1 heterocycles. The van der Waals surface area contributed by atoms with Crippen LogP contribution in [0.3, 0.4) is 0 Å². The van der Waals surface area contributed by atoms with Gasteiger partial charge in [-0.15, -0.1) is 0 Å². The molecule has 0 saturated carbocycles. The van der Waals surface area contributed by atoms with Gasteiger partial charge in [0.05, 0.1) is 16.3 Å². The van der Waals surface area contributed by atoms with Gasteiger partial charge in [0.2, 0.25) is 11.8 Å². The standard InChI is InChI=1S/C25H22BrNO5/c1-2-9-27-24(31)14-8-7-12-15(21(14)25(27)32)10-16-22(19(29)11-17(26)23(16)30)20(12)13-5-3-4-6-18(13)28/h3-7,11,14-15,20-21,28H,2,8-10H2,1H3/t14-,15+,20+,21-/m0/s1. The van der Waals surface area contributed by atoms with Crippen molar-refractivity contribution in [3.63, 3.8) is 0 Å². The molecule has 5 rings (SSSR count). The molecule has 2 amide bonds. The number of rotatable bonds is 3. The number of hydrogen-bond acceptors (Lipinski definition) is 5. The summed E-state index contributed by atoms with van der Waals surface area (Å²) in [5.41, 5.74) is 2.11. The number of carbonyl (C=O) groups is 4. The molecular formula is C25H22BrNO5. The lowest BCUT2D eigenvalue weighted by Gasteiger charge is -2.42. The summed E-state index contributed by atoms with van der Waals surface area (Å²) < 4.78 is 0.193. The Kier molecular flexibility index (Phi) is 5.04. The van der Waals surface area contributed by atoms with Gasteiger partial charge in [-0.3, -0.25) is 24.1 Å². The molecule has 7 heteroatoms. The van der Waals surface area contributed by atoms with Crippen molar-refractivity contribution in [3.05, 3.63) is 63.2 Å². The SMILES string of the molecule is CCCN1C(=O)[C@H]2[C@H](CC=C3[C@H](c4ccccc4O)C4=C(C[C@H]32)C(=O)C(Br)=CC4=O)C1=O. The minimum absolute atomic E-state index is 0.0309. The number of Topliss-reactive ketones (excluding diaryl/α,β-unsaturated/α-hetero) is 1. The van der Waals surface area contributed by atoms with Crippen LogP contribution in [-0.2, 0) is 19.2 Å². The Morgan fingerprint density at radius 1 is 1.09 bits per heavy atom. The Morgan fingerprint density at radius 3 is 2.56 bits per heavy atom. The van der Waals surface area contributed by atoms with Crippen LogP contribution in [0.1, 0.15) is 37.7 Å². The third-order valence-electron chi connectivity index (χ3n) is 7.12. The summed E-state index contributed by atoms with van der Waals surface area (Å²) in [6.07, 6.45) is 4.57. The average molecular weight is 496 g/mol. The van der Waals surface area contributed by atoms with E-state index < -0.39 is 17.8 Å². The highest BCUT2D eigenvalue weighted by Crippen LogP contribution is 2.56. The molecule has 1 fully saturated rings. The number of allylic oxidation sites excluding steroid dienone is 6. The Bertz CT molecular complexity index is 1180. The number of likely N-dealkylation sites (tertiary alicyclic amines) is 1. The third kappa shape index (κ3) is 2.90. The van der Waals surface area contributed by atoms with Gasteiger partial charge in [0.25, 0.3) is 0 Å². The van der Waals surface area contributed by atoms with E-state index in [0.29, 0.717) is 36.1 Å². The highest BCUT2D eigenvalue weighted by molar-refractivity contribution is 9.12. The van der Waals surface area contributed by atoms with E-state index in [1.165, 1.54) is 11.0 Å². The van der Waals surface area contributed by atoms with Gasteiger partial charge < -0.3 is 5.11 Å². The number of ketones is 2. The fourth-order valence-corrected chi connectivity index (χ4v) is 6.25. The number of halogens is 1. The van der Waals surface area contributed by atoms with Crippen LogP contribution < -0.4 is 0 Å². The molecule has 1 saturated heterocycles. The van der Waals surface area contributed by atoms with E-state index in [1.807, 2.05) is 13.0 Å². The number of hydrogen-bond donors (Lipinski definition) is 1. The molecule has 0 unspecified atom stereocenters. The van der Waals surface area contributed by atoms with Crippen molar-refractivity contribution in [3.8, 4) is 5.75 Å². The molecule has 164 valence electrons. The number of nitrogens with zero attached hydrogens (tertiary/aromatic N) is 1. The highest BCUT2D eigenvalue weighted by atomic mass is 79.9. The number of phenolic OH excluding ortho intramolecular Hbond substituents is 1. The normalized spacial score (nSPS) is 29.5. The summed E-state index contributed by atoms with van der Waals surface area (Å²) in [4.78, 5) is 53.8. The van der Waals surface area contributed by atoms with E-state index in [-0.39, 0.29) is 46.0 Å². The van der Waals surface area contributed by atoms with Crippen LogP contribution in [0.2, 0.25) is 0 Å². The van der Waals surface area contributed by atoms with E-state index in [2.05, 4.69) is 15.9 Å². The molecule has 1 aromatic carbocycles. The zero-order chi connectivity index (χ0) is 22.7. The van der Waals surface area contributed by atoms with Crippen molar-refractivity contribution in [2.45, 2.75) is 32.1 Å². The topological polar surface area (TPSA) is 91.8 Å². The van der Waals surface area contributed by atoms with Crippen molar-refractivity contribution in [1.82, 2.24) is 4.90 Å². The molecule has 1 N–H and O–H groups in total. The zero-order valence-electron chi connectivity index (χ0n) is 17.5. The summed E-state index contributed by atoms with van der Waals surface area (Å²) in [6.45, 7) is 2.31. The van der Waals surface area contributed by atoms with Gasteiger partial charge in [-0.25, -0.2) is 0 Å². The lowest BCUT2D eigenvalue weighted by molar-refractivity contribution is -0.140. The first-order valence-electron chi connectivity index (χ1n) is 10.9. The lowest BCUT2D eigenvalue weighted by Crippen LogP contribution is -2.39. The summed E-state index contributed by atoms with van der Waals surface area (Å²) in [5.74, 6) is -2.85. The number of benzene rings is 1. The van der Waals surface area contributed by atoms with Crippen LogP contribution in [0.5, 0.6) is 5.75 Å². The van der Waals surface area contributed by atoms with Crippen LogP contribution in [0.15, 0.2) is 57.6 Å². The maximum Gasteiger partial charge on any atom is 0.233 e. The Labute approximate surface area is 193 Å². The predicted octanol–water partition coefficient (Wildman–Crippen LogP) is 3.56.